The van der Waals surface area contributed by atoms with Gasteiger partial charge in [0.2, 0.25) is 11.8 Å². The SMILES string of the molecule is CCCCOc1ccnc(Nc2ccc(-c3nc4c(c(N5CCOC[C@@H]5C)n3)CCN(C(=O)OC(C)(C)C)C4)cc2)n1. The van der Waals surface area contributed by atoms with Gasteiger partial charge in [-0.1, -0.05) is 13.3 Å². The molecule has 0 bridgehead atoms. The molecule has 3 aromatic rings. The number of nitrogens with one attached hydrogen (secondary N) is 1. The van der Waals surface area contributed by atoms with Gasteiger partial charge in [-0.2, -0.15) is 4.98 Å². The summed E-state index contributed by atoms with van der Waals surface area (Å²) in [5.74, 6) is 2.55. The highest BCUT2D eigenvalue weighted by Gasteiger charge is 2.32. The minimum atomic E-state index is -0.563. The monoisotopic (exact) mass is 575 g/mol. The molecule has 1 amide bonds. The lowest BCUT2D eigenvalue weighted by Crippen LogP contribution is -2.46. The average Bonchev–Trinajstić information content (AvgIpc) is 2.96. The van der Waals surface area contributed by atoms with Crippen molar-refractivity contribution in [3.63, 3.8) is 0 Å². The predicted molar refractivity (Wildman–Crippen MR) is 161 cm³/mol. The third kappa shape index (κ3) is 7.25. The molecule has 0 unspecified atom stereocenters. The minimum Gasteiger partial charge on any atom is -0.478 e. The second-order valence-electron chi connectivity index (χ2n) is 11.7. The summed E-state index contributed by atoms with van der Waals surface area (Å²) in [5.41, 5.74) is 3.08. The Bertz CT molecular complexity index is 1380. The van der Waals surface area contributed by atoms with Gasteiger partial charge in [0, 0.05) is 42.2 Å². The molecule has 1 aromatic carbocycles. The van der Waals surface area contributed by atoms with Gasteiger partial charge in [-0.15, -0.1) is 0 Å². The molecule has 0 saturated carbocycles. The summed E-state index contributed by atoms with van der Waals surface area (Å²) in [5, 5.41) is 3.25. The van der Waals surface area contributed by atoms with Gasteiger partial charge in [0.15, 0.2) is 5.82 Å². The summed E-state index contributed by atoms with van der Waals surface area (Å²) < 4.78 is 17.1. The van der Waals surface area contributed by atoms with E-state index in [1.165, 1.54) is 0 Å². The first-order valence-corrected chi connectivity index (χ1v) is 14.8. The second kappa shape index (κ2) is 12.9. The summed E-state index contributed by atoms with van der Waals surface area (Å²) in [7, 11) is 0. The lowest BCUT2D eigenvalue weighted by molar-refractivity contribution is 0.0220. The first-order chi connectivity index (χ1) is 20.2. The Balaban J connectivity index is 1.40. The number of morpholine rings is 1. The number of unbranched alkanes of at least 4 members (excludes halogenated alkanes) is 1. The zero-order chi connectivity index (χ0) is 29.7. The smallest absolute Gasteiger partial charge is 0.410 e. The van der Waals surface area contributed by atoms with Crippen molar-refractivity contribution >= 4 is 23.5 Å². The lowest BCUT2D eigenvalue weighted by atomic mass is 10.0. The Morgan fingerprint density at radius 3 is 2.67 bits per heavy atom. The fourth-order valence-electron chi connectivity index (χ4n) is 4.94. The number of ether oxygens (including phenoxy) is 3. The molecule has 4 heterocycles. The van der Waals surface area contributed by atoms with E-state index in [4.69, 9.17) is 24.2 Å². The van der Waals surface area contributed by atoms with Crippen molar-refractivity contribution in [3.05, 3.63) is 47.8 Å². The molecule has 0 radical (unpaired) electrons. The van der Waals surface area contributed by atoms with Gasteiger partial charge in [0.25, 0.3) is 0 Å². The zero-order valence-corrected chi connectivity index (χ0v) is 25.2. The van der Waals surface area contributed by atoms with E-state index in [9.17, 15) is 4.79 Å². The Hall–Kier alpha value is -3.99. The number of carbonyl (C=O) groups is 1. The van der Waals surface area contributed by atoms with E-state index in [1.54, 1.807) is 17.2 Å². The number of hydrogen-bond donors (Lipinski definition) is 1. The molecule has 2 aliphatic heterocycles. The molecule has 1 atom stereocenters. The van der Waals surface area contributed by atoms with Crippen LogP contribution in [0.5, 0.6) is 5.88 Å². The minimum absolute atomic E-state index is 0.183. The van der Waals surface area contributed by atoms with Crippen molar-refractivity contribution in [3.8, 4) is 17.3 Å². The third-order valence-electron chi connectivity index (χ3n) is 7.11. The molecular formula is C31H41N7O4. The average molecular weight is 576 g/mol. The molecule has 224 valence electrons. The van der Waals surface area contributed by atoms with Crippen molar-refractivity contribution in [2.45, 2.75) is 72.1 Å². The molecular weight excluding hydrogens is 534 g/mol. The second-order valence-corrected chi connectivity index (χ2v) is 11.7. The summed E-state index contributed by atoms with van der Waals surface area (Å²) in [6, 6.07) is 9.81. The van der Waals surface area contributed by atoms with Crippen LogP contribution in [0.15, 0.2) is 36.5 Å². The molecule has 0 spiro atoms. The van der Waals surface area contributed by atoms with Crippen LogP contribution >= 0.6 is 0 Å². The number of nitrogens with zero attached hydrogens (tertiary/aromatic N) is 6. The maximum Gasteiger partial charge on any atom is 0.410 e. The van der Waals surface area contributed by atoms with Crippen LogP contribution in [-0.4, -0.2) is 75.5 Å². The Labute approximate surface area is 247 Å². The van der Waals surface area contributed by atoms with E-state index in [1.807, 2.05) is 45.0 Å². The molecule has 0 aliphatic carbocycles. The summed E-state index contributed by atoms with van der Waals surface area (Å²) in [6.45, 7) is 13.5. The van der Waals surface area contributed by atoms with Crippen molar-refractivity contribution in [2.24, 2.45) is 0 Å². The largest absolute Gasteiger partial charge is 0.478 e. The molecule has 11 nitrogen and oxygen atoms in total. The molecule has 1 fully saturated rings. The van der Waals surface area contributed by atoms with E-state index in [0.717, 1.165) is 47.7 Å². The molecule has 1 N–H and O–H groups in total. The van der Waals surface area contributed by atoms with Crippen molar-refractivity contribution in [1.82, 2.24) is 24.8 Å². The van der Waals surface area contributed by atoms with Gasteiger partial charge in [0.1, 0.15) is 11.4 Å². The van der Waals surface area contributed by atoms with Gasteiger partial charge in [-0.05, 0) is 64.8 Å². The molecule has 5 rings (SSSR count). The summed E-state index contributed by atoms with van der Waals surface area (Å²) >= 11 is 0. The first-order valence-electron chi connectivity index (χ1n) is 14.8. The topological polar surface area (TPSA) is 115 Å². The van der Waals surface area contributed by atoms with Gasteiger partial charge < -0.3 is 29.3 Å². The van der Waals surface area contributed by atoms with E-state index < -0.39 is 5.60 Å². The molecule has 11 heteroatoms. The first kappa shape index (κ1) is 29.5. The molecule has 1 saturated heterocycles. The van der Waals surface area contributed by atoms with E-state index in [2.05, 4.69) is 34.0 Å². The van der Waals surface area contributed by atoms with Crippen LogP contribution in [0, 0.1) is 0 Å². The standard InChI is InChI=1S/C31H41N7O4/c1-6-7-17-41-26-12-14-32-29(35-26)33-23-10-8-22(9-11-23)27-34-25-19-37(30(39)42-31(3,4)5)15-13-24(25)28(36-27)38-16-18-40-20-21(38)2/h8-12,14,21H,6-7,13,15-20H2,1-5H3,(H,32,33,35)/t21-/m0/s1. The van der Waals surface area contributed by atoms with Crippen LogP contribution in [0.4, 0.5) is 22.2 Å². The summed E-state index contributed by atoms with van der Waals surface area (Å²) in [6.07, 6.45) is 4.06. The third-order valence-corrected chi connectivity index (χ3v) is 7.11. The fraction of sp³-hybridized carbons (Fsp3) is 0.516. The number of aromatic nitrogens is 4. The lowest BCUT2D eigenvalue weighted by Gasteiger charge is -2.38. The molecule has 2 aromatic heterocycles. The van der Waals surface area contributed by atoms with Crippen molar-refractivity contribution in [2.75, 3.05) is 43.1 Å². The normalized spacial score (nSPS) is 17.0. The van der Waals surface area contributed by atoms with Crippen LogP contribution in [-0.2, 0) is 22.4 Å². The number of fused-ring (bicyclic) bond motifs is 1. The van der Waals surface area contributed by atoms with Gasteiger partial charge in [-0.25, -0.2) is 19.7 Å². The highest BCUT2D eigenvalue weighted by molar-refractivity contribution is 5.70. The highest BCUT2D eigenvalue weighted by Crippen LogP contribution is 2.32. The van der Waals surface area contributed by atoms with Crippen LogP contribution in [0.3, 0.4) is 0 Å². The maximum atomic E-state index is 12.9. The predicted octanol–water partition coefficient (Wildman–Crippen LogP) is 5.37. The zero-order valence-electron chi connectivity index (χ0n) is 25.2. The van der Waals surface area contributed by atoms with Gasteiger partial charge in [0.05, 0.1) is 38.1 Å². The van der Waals surface area contributed by atoms with Gasteiger partial charge in [-0.3, -0.25) is 0 Å². The van der Waals surface area contributed by atoms with Crippen LogP contribution < -0.4 is 15.0 Å². The van der Waals surface area contributed by atoms with E-state index >= 15 is 0 Å². The highest BCUT2D eigenvalue weighted by atomic mass is 16.6. The Kier molecular flexibility index (Phi) is 9.06. The van der Waals surface area contributed by atoms with Crippen LogP contribution in [0.25, 0.3) is 11.4 Å². The number of hydrogen-bond acceptors (Lipinski definition) is 10. The fourth-order valence-corrected chi connectivity index (χ4v) is 4.94. The number of carbonyl (C=O) groups excluding carboxylic acids is 1. The maximum absolute atomic E-state index is 12.9. The van der Waals surface area contributed by atoms with Crippen LogP contribution in [0.2, 0.25) is 0 Å². The van der Waals surface area contributed by atoms with E-state index in [0.29, 0.717) is 57.0 Å². The van der Waals surface area contributed by atoms with Crippen LogP contribution in [0.1, 0.15) is 58.7 Å². The van der Waals surface area contributed by atoms with Crippen molar-refractivity contribution < 1.29 is 19.0 Å². The molecule has 2 aliphatic rings. The van der Waals surface area contributed by atoms with Crippen molar-refractivity contribution in [1.29, 1.82) is 0 Å². The quantitative estimate of drug-likeness (QED) is 0.351. The van der Waals surface area contributed by atoms with E-state index in [-0.39, 0.29) is 12.1 Å². The molecule has 42 heavy (non-hydrogen) atoms. The number of benzene rings is 1. The number of rotatable bonds is 8. The number of anilines is 3. The summed E-state index contributed by atoms with van der Waals surface area (Å²) in [4.78, 5) is 35.8. The Morgan fingerprint density at radius 2 is 1.93 bits per heavy atom. The van der Waals surface area contributed by atoms with Gasteiger partial charge >= 0.3 is 6.09 Å². The number of amides is 1. The Morgan fingerprint density at radius 1 is 1.12 bits per heavy atom.